The summed E-state index contributed by atoms with van der Waals surface area (Å²) in [7, 11) is -0.613. The van der Waals surface area contributed by atoms with Gasteiger partial charge in [0, 0.05) is 6.54 Å². The third-order valence-electron chi connectivity index (χ3n) is 4.77. The summed E-state index contributed by atoms with van der Waals surface area (Å²) in [5.74, 6) is -0.286. The molecular formula is C20H41NO5Si. The van der Waals surface area contributed by atoms with Crippen LogP contribution in [0, 0.1) is 0 Å². The van der Waals surface area contributed by atoms with E-state index in [0.29, 0.717) is 13.0 Å². The molecule has 6 nitrogen and oxygen atoms in total. The molecule has 0 radical (unpaired) electrons. The molecule has 0 aliphatic heterocycles. The van der Waals surface area contributed by atoms with E-state index in [2.05, 4.69) is 39.2 Å². The first-order valence-electron chi connectivity index (χ1n) is 9.92. The highest BCUT2D eigenvalue weighted by Gasteiger charge is 2.40. The van der Waals surface area contributed by atoms with Gasteiger partial charge in [0.05, 0.1) is 7.11 Å². The zero-order valence-corrected chi connectivity index (χ0v) is 19.9. The molecule has 1 atom stereocenters. The SMILES string of the molecule is COC(=O)[C@H](CCCCCCNC(=O)OC(C)(C)C)O[Si](C)(C)C(C)(C)C. The van der Waals surface area contributed by atoms with Crippen LogP contribution >= 0.6 is 0 Å². The Hall–Kier alpha value is -1.08. The normalized spacial score (nSPS) is 13.8. The molecule has 0 aliphatic carbocycles. The molecule has 1 N–H and O–H groups in total. The number of amides is 1. The van der Waals surface area contributed by atoms with E-state index in [4.69, 9.17) is 13.9 Å². The molecular weight excluding hydrogens is 362 g/mol. The van der Waals surface area contributed by atoms with Crippen LogP contribution in [0.15, 0.2) is 0 Å². The van der Waals surface area contributed by atoms with Crippen LogP contribution in [0.1, 0.15) is 73.6 Å². The standard InChI is InChI=1S/C20H41NO5Si/c1-19(2,3)25-18(23)21-15-13-11-10-12-14-16(17(22)24-7)26-27(8,9)20(4,5)6/h16H,10-15H2,1-9H3,(H,21,23)/t16-/m0/s1. The van der Waals surface area contributed by atoms with Crippen LogP contribution in [-0.4, -0.2) is 45.7 Å². The second kappa shape index (κ2) is 11.0. The maximum Gasteiger partial charge on any atom is 0.407 e. The van der Waals surface area contributed by atoms with E-state index < -0.39 is 20.0 Å². The summed E-state index contributed by atoms with van der Waals surface area (Å²) in [4.78, 5) is 23.6. The van der Waals surface area contributed by atoms with Crippen molar-refractivity contribution in [3.8, 4) is 0 Å². The molecule has 0 heterocycles. The molecule has 0 aromatic carbocycles. The van der Waals surface area contributed by atoms with Gasteiger partial charge in [-0.15, -0.1) is 0 Å². The van der Waals surface area contributed by atoms with Gasteiger partial charge < -0.3 is 19.2 Å². The first kappa shape index (κ1) is 25.9. The Balaban J connectivity index is 4.19. The van der Waals surface area contributed by atoms with Crippen molar-refractivity contribution in [1.29, 1.82) is 0 Å². The number of nitrogens with one attached hydrogen (secondary N) is 1. The van der Waals surface area contributed by atoms with Gasteiger partial charge in [-0.2, -0.15) is 0 Å². The summed E-state index contributed by atoms with van der Waals surface area (Å²) in [6, 6.07) is 0. The monoisotopic (exact) mass is 403 g/mol. The number of methoxy groups -OCH3 is 1. The molecule has 0 saturated carbocycles. The van der Waals surface area contributed by atoms with E-state index in [-0.39, 0.29) is 17.1 Å². The number of hydrogen-bond acceptors (Lipinski definition) is 5. The van der Waals surface area contributed by atoms with Crippen molar-refractivity contribution in [3.63, 3.8) is 0 Å². The van der Waals surface area contributed by atoms with E-state index in [1.165, 1.54) is 7.11 Å². The Morgan fingerprint density at radius 1 is 0.963 bits per heavy atom. The lowest BCUT2D eigenvalue weighted by Gasteiger charge is -2.38. The third-order valence-corrected chi connectivity index (χ3v) is 9.25. The molecule has 0 aromatic heterocycles. The lowest BCUT2D eigenvalue weighted by atomic mass is 10.1. The minimum atomic E-state index is -2.02. The van der Waals surface area contributed by atoms with Crippen LogP contribution < -0.4 is 5.32 Å². The lowest BCUT2D eigenvalue weighted by molar-refractivity contribution is -0.149. The maximum absolute atomic E-state index is 12.1. The summed E-state index contributed by atoms with van der Waals surface area (Å²) < 4.78 is 16.4. The van der Waals surface area contributed by atoms with Gasteiger partial charge in [0.15, 0.2) is 8.32 Å². The molecule has 0 unspecified atom stereocenters. The van der Waals surface area contributed by atoms with Gasteiger partial charge in [-0.05, 0) is 51.7 Å². The average Bonchev–Trinajstić information content (AvgIpc) is 2.49. The van der Waals surface area contributed by atoms with Crippen LogP contribution in [0.2, 0.25) is 18.1 Å². The predicted octanol–water partition coefficient (Wildman–Crippen LogP) is 5.03. The van der Waals surface area contributed by atoms with E-state index >= 15 is 0 Å². The highest BCUT2D eigenvalue weighted by molar-refractivity contribution is 6.74. The molecule has 7 heteroatoms. The summed E-state index contributed by atoms with van der Waals surface area (Å²) in [5, 5.41) is 2.81. The second-order valence-electron chi connectivity index (χ2n) is 9.52. The molecule has 0 fully saturated rings. The van der Waals surface area contributed by atoms with Crippen molar-refractivity contribution in [2.45, 2.75) is 103 Å². The van der Waals surface area contributed by atoms with Crippen LogP contribution in [0.5, 0.6) is 0 Å². The van der Waals surface area contributed by atoms with Crippen molar-refractivity contribution in [3.05, 3.63) is 0 Å². The van der Waals surface area contributed by atoms with Crippen LogP contribution in [0.25, 0.3) is 0 Å². The number of carbonyl (C=O) groups is 2. The Bertz CT molecular complexity index is 466. The van der Waals surface area contributed by atoms with Gasteiger partial charge in [0.25, 0.3) is 0 Å². The van der Waals surface area contributed by atoms with Gasteiger partial charge in [-0.1, -0.05) is 40.0 Å². The van der Waals surface area contributed by atoms with Crippen molar-refractivity contribution >= 4 is 20.4 Å². The largest absolute Gasteiger partial charge is 0.467 e. The fourth-order valence-electron chi connectivity index (χ4n) is 2.20. The third kappa shape index (κ3) is 11.4. The Kier molecular flexibility index (Phi) is 10.6. The van der Waals surface area contributed by atoms with E-state index in [1.807, 2.05) is 20.8 Å². The summed E-state index contributed by atoms with van der Waals surface area (Å²) in [6.07, 6.45) is 3.52. The van der Waals surface area contributed by atoms with Crippen molar-refractivity contribution in [2.24, 2.45) is 0 Å². The van der Waals surface area contributed by atoms with Crippen molar-refractivity contribution in [2.75, 3.05) is 13.7 Å². The molecule has 27 heavy (non-hydrogen) atoms. The van der Waals surface area contributed by atoms with Crippen LogP contribution in [0.4, 0.5) is 4.79 Å². The first-order chi connectivity index (χ1) is 12.2. The second-order valence-corrected chi connectivity index (χ2v) is 14.3. The average molecular weight is 404 g/mol. The fraction of sp³-hybridized carbons (Fsp3) is 0.900. The number of ether oxygens (including phenoxy) is 2. The van der Waals surface area contributed by atoms with E-state index in [0.717, 1.165) is 25.7 Å². The highest BCUT2D eigenvalue weighted by atomic mass is 28.4. The Labute approximate surface area is 166 Å². The van der Waals surface area contributed by atoms with Gasteiger partial charge >= 0.3 is 12.1 Å². The number of unbranched alkanes of at least 4 members (excludes halogenated alkanes) is 3. The summed E-state index contributed by atoms with van der Waals surface area (Å²) in [6.45, 7) is 16.9. The zero-order chi connectivity index (χ0) is 21.3. The molecule has 0 aromatic rings. The Morgan fingerprint density at radius 2 is 1.52 bits per heavy atom. The van der Waals surface area contributed by atoms with Crippen molar-refractivity contribution < 1.29 is 23.5 Å². The molecule has 0 bridgehead atoms. The lowest BCUT2D eigenvalue weighted by Crippen LogP contribution is -2.46. The molecule has 0 spiro atoms. The van der Waals surface area contributed by atoms with Gasteiger partial charge in [0.2, 0.25) is 0 Å². The predicted molar refractivity (Wildman–Crippen MR) is 111 cm³/mol. The maximum atomic E-state index is 12.1. The van der Waals surface area contributed by atoms with E-state index in [1.54, 1.807) is 0 Å². The molecule has 0 rings (SSSR count). The summed E-state index contributed by atoms with van der Waals surface area (Å²) >= 11 is 0. The van der Waals surface area contributed by atoms with Gasteiger partial charge in [0.1, 0.15) is 11.7 Å². The molecule has 0 saturated heterocycles. The highest BCUT2D eigenvalue weighted by Crippen LogP contribution is 2.37. The number of alkyl carbamates (subject to hydrolysis) is 1. The zero-order valence-electron chi connectivity index (χ0n) is 18.9. The minimum absolute atomic E-state index is 0.0482. The van der Waals surface area contributed by atoms with E-state index in [9.17, 15) is 9.59 Å². The number of carbonyl (C=O) groups excluding carboxylic acids is 2. The quantitative estimate of drug-likeness (QED) is 0.315. The Morgan fingerprint density at radius 3 is 2.00 bits per heavy atom. The number of esters is 1. The van der Waals surface area contributed by atoms with Gasteiger partial charge in [-0.25, -0.2) is 9.59 Å². The number of hydrogen-bond donors (Lipinski definition) is 1. The van der Waals surface area contributed by atoms with Crippen LogP contribution in [0.3, 0.4) is 0 Å². The minimum Gasteiger partial charge on any atom is -0.467 e. The molecule has 0 aliphatic rings. The topological polar surface area (TPSA) is 73.9 Å². The summed E-state index contributed by atoms with van der Waals surface area (Å²) in [5.41, 5.74) is -0.475. The smallest absolute Gasteiger partial charge is 0.407 e. The van der Waals surface area contributed by atoms with Crippen molar-refractivity contribution in [1.82, 2.24) is 5.32 Å². The molecule has 160 valence electrons. The van der Waals surface area contributed by atoms with Crippen LogP contribution in [-0.2, 0) is 18.7 Å². The van der Waals surface area contributed by atoms with Gasteiger partial charge in [-0.3, -0.25) is 0 Å². The molecule has 1 amide bonds. The number of rotatable bonds is 10. The first-order valence-corrected chi connectivity index (χ1v) is 12.8. The fourth-order valence-corrected chi connectivity index (χ4v) is 3.48.